The summed E-state index contributed by atoms with van der Waals surface area (Å²) in [5, 5.41) is 10.4. The number of rotatable bonds is 3. The Hall–Kier alpha value is -1.14. The maximum Gasteiger partial charge on any atom is 0.160 e. The molecule has 1 aromatic rings. The summed E-state index contributed by atoms with van der Waals surface area (Å²) in [6, 6.07) is 3.96. The molecular weight excluding hydrogens is 194 g/mol. The molecule has 76 valence electrons. The third-order valence-corrected chi connectivity index (χ3v) is 2.60. The molecule has 3 heteroatoms. The summed E-state index contributed by atoms with van der Waals surface area (Å²) in [6.07, 6.45) is 1.35. The van der Waals surface area contributed by atoms with Gasteiger partial charge in [-0.3, -0.25) is 4.79 Å². The maximum atomic E-state index is 10.3. The van der Waals surface area contributed by atoms with Gasteiger partial charge < -0.3 is 0 Å². The standard InChI is InChI=1S/C9H9NOS.C2H6/c1-7(2-3-10)8-4-9(5-11)12-6-8;1-2/h4-7H,2H2,1H3;1-2H3. The molecular formula is C11H15NOS. The van der Waals surface area contributed by atoms with E-state index in [1.54, 1.807) is 0 Å². The molecule has 0 N–H and O–H groups in total. The zero-order valence-electron chi connectivity index (χ0n) is 8.78. The van der Waals surface area contributed by atoms with Gasteiger partial charge in [0.05, 0.1) is 10.9 Å². The third kappa shape index (κ3) is 3.71. The number of hydrogen-bond donors (Lipinski definition) is 0. The summed E-state index contributed by atoms with van der Waals surface area (Å²) >= 11 is 1.43. The molecule has 1 heterocycles. The first-order valence-electron chi connectivity index (χ1n) is 4.68. The van der Waals surface area contributed by atoms with Crippen molar-refractivity contribution in [1.29, 1.82) is 5.26 Å². The highest BCUT2D eigenvalue weighted by atomic mass is 32.1. The minimum absolute atomic E-state index is 0.236. The number of aldehydes is 1. The highest BCUT2D eigenvalue weighted by Gasteiger charge is 2.06. The average molecular weight is 209 g/mol. The van der Waals surface area contributed by atoms with Gasteiger partial charge in [0.15, 0.2) is 6.29 Å². The quantitative estimate of drug-likeness (QED) is 0.713. The van der Waals surface area contributed by atoms with Crippen LogP contribution < -0.4 is 0 Å². The summed E-state index contributed by atoms with van der Waals surface area (Å²) in [5.74, 6) is 0.236. The van der Waals surface area contributed by atoms with Gasteiger partial charge in [-0.15, -0.1) is 11.3 Å². The van der Waals surface area contributed by atoms with Crippen molar-refractivity contribution < 1.29 is 4.79 Å². The molecule has 1 aromatic heterocycles. The molecule has 0 saturated carbocycles. The van der Waals surface area contributed by atoms with Crippen LogP contribution in [0.1, 0.15) is 48.3 Å². The van der Waals surface area contributed by atoms with E-state index in [1.165, 1.54) is 11.3 Å². The molecule has 0 saturated heterocycles. The van der Waals surface area contributed by atoms with Crippen LogP contribution in [0.15, 0.2) is 11.4 Å². The summed E-state index contributed by atoms with van der Waals surface area (Å²) in [7, 11) is 0. The van der Waals surface area contributed by atoms with Gasteiger partial charge in [0.2, 0.25) is 0 Å². The smallest absolute Gasteiger partial charge is 0.160 e. The molecule has 0 radical (unpaired) electrons. The highest BCUT2D eigenvalue weighted by molar-refractivity contribution is 7.11. The summed E-state index contributed by atoms with van der Waals surface area (Å²) in [5.41, 5.74) is 1.09. The number of thiophene rings is 1. The number of nitrogens with zero attached hydrogens (tertiary/aromatic N) is 1. The van der Waals surface area contributed by atoms with Gasteiger partial charge in [0.25, 0.3) is 0 Å². The zero-order valence-corrected chi connectivity index (χ0v) is 9.60. The number of carbonyl (C=O) groups is 1. The Bertz CT molecular complexity index is 311. The van der Waals surface area contributed by atoms with Crippen LogP contribution in [0.25, 0.3) is 0 Å². The lowest BCUT2D eigenvalue weighted by Gasteiger charge is -2.01. The second-order valence-corrected chi connectivity index (χ2v) is 3.61. The van der Waals surface area contributed by atoms with E-state index in [4.69, 9.17) is 5.26 Å². The van der Waals surface area contributed by atoms with Gasteiger partial charge >= 0.3 is 0 Å². The average Bonchev–Trinajstić information content (AvgIpc) is 2.69. The first kappa shape index (κ1) is 12.9. The first-order chi connectivity index (χ1) is 6.77. The third-order valence-electron chi connectivity index (χ3n) is 1.72. The predicted octanol–water partition coefficient (Wildman–Crippen LogP) is 3.60. The van der Waals surface area contributed by atoms with Crippen molar-refractivity contribution in [2.24, 2.45) is 0 Å². The highest BCUT2D eigenvalue weighted by Crippen LogP contribution is 2.23. The van der Waals surface area contributed by atoms with Gasteiger partial charge in [0.1, 0.15) is 0 Å². The topological polar surface area (TPSA) is 40.9 Å². The second-order valence-electron chi connectivity index (χ2n) is 2.66. The van der Waals surface area contributed by atoms with Gasteiger partial charge in [-0.1, -0.05) is 20.8 Å². The van der Waals surface area contributed by atoms with Crippen molar-refractivity contribution in [3.8, 4) is 6.07 Å². The fourth-order valence-electron chi connectivity index (χ4n) is 0.943. The minimum atomic E-state index is 0.236. The largest absolute Gasteiger partial charge is 0.297 e. The van der Waals surface area contributed by atoms with Crippen LogP contribution in [-0.4, -0.2) is 6.29 Å². The van der Waals surface area contributed by atoms with Crippen molar-refractivity contribution in [3.63, 3.8) is 0 Å². The van der Waals surface area contributed by atoms with Crippen LogP contribution in [0.3, 0.4) is 0 Å². The van der Waals surface area contributed by atoms with Gasteiger partial charge in [0, 0.05) is 6.42 Å². The molecule has 0 spiro atoms. The Morgan fingerprint density at radius 2 is 2.29 bits per heavy atom. The fourth-order valence-corrected chi connectivity index (χ4v) is 1.78. The maximum absolute atomic E-state index is 10.3. The Morgan fingerprint density at radius 1 is 1.64 bits per heavy atom. The van der Waals surface area contributed by atoms with Gasteiger partial charge in [-0.05, 0) is 22.9 Å². The molecule has 0 amide bonds. The van der Waals surface area contributed by atoms with E-state index in [1.807, 2.05) is 32.2 Å². The number of carbonyl (C=O) groups excluding carboxylic acids is 1. The van der Waals surface area contributed by atoms with Crippen LogP contribution in [-0.2, 0) is 0 Å². The van der Waals surface area contributed by atoms with Crippen molar-refractivity contribution in [2.75, 3.05) is 0 Å². The van der Waals surface area contributed by atoms with Crippen molar-refractivity contribution >= 4 is 17.6 Å². The van der Waals surface area contributed by atoms with Crippen LogP contribution in [0, 0.1) is 11.3 Å². The predicted molar refractivity (Wildman–Crippen MR) is 59.7 cm³/mol. The summed E-state index contributed by atoms with van der Waals surface area (Å²) < 4.78 is 0. The van der Waals surface area contributed by atoms with Crippen molar-refractivity contribution in [2.45, 2.75) is 33.1 Å². The Labute approximate surface area is 89.2 Å². The molecule has 0 aliphatic rings. The zero-order chi connectivity index (χ0) is 11.0. The van der Waals surface area contributed by atoms with Crippen LogP contribution in [0.2, 0.25) is 0 Å². The van der Waals surface area contributed by atoms with E-state index < -0.39 is 0 Å². The molecule has 0 aromatic carbocycles. The van der Waals surface area contributed by atoms with Crippen LogP contribution in [0.4, 0.5) is 0 Å². The molecule has 0 aliphatic heterocycles. The van der Waals surface area contributed by atoms with Crippen LogP contribution >= 0.6 is 11.3 Å². The SMILES string of the molecule is CC.CC(CC#N)c1csc(C=O)c1. The van der Waals surface area contributed by atoms with E-state index in [0.717, 1.165) is 16.7 Å². The number of hydrogen-bond acceptors (Lipinski definition) is 3. The monoisotopic (exact) mass is 209 g/mol. The lowest BCUT2D eigenvalue weighted by Crippen LogP contribution is -1.88. The van der Waals surface area contributed by atoms with E-state index in [-0.39, 0.29) is 5.92 Å². The van der Waals surface area contributed by atoms with Crippen molar-refractivity contribution in [1.82, 2.24) is 0 Å². The lowest BCUT2D eigenvalue weighted by atomic mass is 10.0. The molecule has 0 bridgehead atoms. The van der Waals surface area contributed by atoms with Gasteiger partial charge in [-0.25, -0.2) is 0 Å². The minimum Gasteiger partial charge on any atom is -0.297 e. The van der Waals surface area contributed by atoms with Crippen molar-refractivity contribution in [3.05, 3.63) is 21.9 Å². The van der Waals surface area contributed by atoms with E-state index in [2.05, 4.69) is 6.07 Å². The molecule has 1 unspecified atom stereocenters. The summed E-state index contributed by atoms with van der Waals surface area (Å²) in [4.78, 5) is 11.1. The number of nitriles is 1. The van der Waals surface area contributed by atoms with E-state index in [0.29, 0.717) is 6.42 Å². The van der Waals surface area contributed by atoms with Crippen LogP contribution in [0.5, 0.6) is 0 Å². The second kappa shape index (κ2) is 7.28. The molecule has 0 aliphatic carbocycles. The normalized spacial score (nSPS) is 10.7. The molecule has 0 fully saturated rings. The van der Waals surface area contributed by atoms with E-state index in [9.17, 15) is 4.79 Å². The first-order valence-corrected chi connectivity index (χ1v) is 5.56. The van der Waals surface area contributed by atoms with Gasteiger partial charge in [-0.2, -0.15) is 5.26 Å². The lowest BCUT2D eigenvalue weighted by molar-refractivity contribution is 0.112. The fraction of sp³-hybridized carbons (Fsp3) is 0.455. The molecule has 1 atom stereocenters. The van der Waals surface area contributed by atoms with E-state index >= 15 is 0 Å². The Kier molecular flexibility index (Phi) is 6.69. The Balaban J connectivity index is 0.000000791. The summed E-state index contributed by atoms with van der Waals surface area (Å²) in [6.45, 7) is 5.99. The molecule has 14 heavy (non-hydrogen) atoms. The Morgan fingerprint density at radius 3 is 2.71 bits per heavy atom. The molecule has 1 rings (SSSR count). The molecule has 2 nitrogen and oxygen atoms in total.